The molecule has 0 radical (unpaired) electrons. The molecule has 24 heavy (non-hydrogen) atoms. The van der Waals surface area contributed by atoms with Crippen LogP contribution in [0.1, 0.15) is 28.4 Å². The standard InChI is InChI=1S/C20H20N2O2/c1-12-7-3-4-8-13(12)18-19-15(11-16(21-18)20(23)24)14-9-5-6-10-17(14)22(19)2/h3-10,16,18,21H,11H2,1-2H3,(H,23,24). The fourth-order valence-electron chi connectivity index (χ4n) is 3.92. The first kappa shape index (κ1) is 15.0. The highest BCUT2D eigenvalue weighted by Crippen LogP contribution is 2.37. The van der Waals surface area contributed by atoms with Crippen LogP contribution in [0, 0.1) is 6.92 Å². The van der Waals surface area contributed by atoms with E-state index in [1.54, 1.807) is 0 Å². The second-order valence-electron chi connectivity index (χ2n) is 6.49. The molecule has 1 aromatic heterocycles. The number of aromatic nitrogens is 1. The topological polar surface area (TPSA) is 54.3 Å². The van der Waals surface area contributed by atoms with Crippen LogP contribution < -0.4 is 5.32 Å². The van der Waals surface area contributed by atoms with Crippen LogP contribution in [-0.2, 0) is 18.3 Å². The van der Waals surface area contributed by atoms with Crippen molar-refractivity contribution in [1.82, 2.24) is 9.88 Å². The van der Waals surface area contributed by atoms with E-state index in [9.17, 15) is 9.90 Å². The van der Waals surface area contributed by atoms with Gasteiger partial charge < -0.3 is 9.67 Å². The molecule has 2 aromatic carbocycles. The van der Waals surface area contributed by atoms with Gasteiger partial charge in [-0.25, -0.2) is 0 Å². The maximum atomic E-state index is 11.7. The van der Waals surface area contributed by atoms with Crippen molar-refractivity contribution in [3.05, 3.63) is 70.9 Å². The summed E-state index contributed by atoms with van der Waals surface area (Å²) in [4.78, 5) is 11.7. The van der Waals surface area contributed by atoms with E-state index < -0.39 is 12.0 Å². The Labute approximate surface area is 140 Å². The van der Waals surface area contributed by atoms with E-state index in [1.165, 1.54) is 5.69 Å². The predicted molar refractivity (Wildman–Crippen MR) is 94.2 cm³/mol. The Kier molecular flexibility index (Phi) is 3.43. The molecule has 0 fully saturated rings. The van der Waals surface area contributed by atoms with Crippen LogP contribution in [0.5, 0.6) is 0 Å². The number of para-hydroxylation sites is 1. The summed E-state index contributed by atoms with van der Waals surface area (Å²) in [5.74, 6) is -0.799. The number of carboxylic acids is 1. The zero-order valence-corrected chi connectivity index (χ0v) is 13.8. The Morgan fingerprint density at radius 2 is 1.88 bits per heavy atom. The molecule has 1 aliphatic rings. The number of fused-ring (bicyclic) bond motifs is 3. The van der Waals surface area contributed by atoms with E-state index in [0.29, 0.717) is 6.42 Å². The van der Waals surface area contributed by atoms with Crippen LogP contribution in [0.4, 0.5) is 0 Å². The summed E-state index contributed by atoms with van der Waals surface area (Å²) in [5, 5.41) is 14.1. The number of carboxylic acid groups (broad SMARTS) is 1. The van der Waals surface area contributed by atoms with E-state index in [2.05, 4.69) is 48.1 Å². The summed E-state index contributed by atoms with van der Waals surface area (Å²) >= 11 is 0. The number of benzene rings is 2. The third kappa shape index (κ3) is 2.14. The van der Waals surface area contributed by atoms with Gasteiger partial charge in [-0.2, -0.15) is 0 Å². The van der Waals surface area contributed by atoms with E-state index in [-0.39, 0.29) is 6.04 Å². The lowest BCUT2D eigenvalue weighted by Gasteiger charge is -2.31. The first-order valence-corrected chi connectivity index (χ1v) is 8.18. The molecule has 4 heteroatoms. The molecule has 4 rings (SSSR count). The average Bonchev–Trinajstić information content (AvgIpc) is 2.88. The lowest BCUT2D eigenvalue weighted by atomic mass is 9.88. The van der Waals surface area contributed by atoms with Gasteiger partial charge in [-0.15, -0.1) is 0 Å². The van der Waals surface area contributed by atoms with Crippen LogP contribution in [-0.4, -0.2) is 21.7 Å². The molecule has 2 heterocycles. The van der Waals surface area contributed by atoms with Crippen molar-refractivity contribution in [2.75, 3.05) is 0 Å². The number of nitrogens with one attached hydrogen (secondary N) is 1. The minimum Gasteiger partial charge on any atom is -0.480 e. The Morgan fingerprint density at radius 3 is 2.62 bits per heavy atom. The van der Waals surface area contributed by atoms with Crippen LogP contribution in [0.2, 0.25) is 0 Å². The van der Waals surface area contributed by atoms with E-state index in [0.717, 1.165) is 27.6 Å². The molecule has 2 unspecified atom stereocenters. The minimum atomic E-state index is -0.799. The largest absolute Gasteiger partial charge is 0.480 e. The molecule has 0 bridgehead atoms. The van der Waals surface area contributed by atoms with Crippen LogP contribution in [0.3, 0.4) is 0 Å². The molecule has 0 saturated carbocycles. The fraction of sp³-hybridized carbons (Fsp3) is 0.250. The molecule has 0 amide bonds. The molecule has 0 saturated heterocycles. The van der Waals surface area contributed by atoms with Gasteiger partial charge in [0.1, 0.15) is 6.04 Å². The smallest absolute Gasteiger partial charge is 0.321 e. The number of aryl methyl sites for hydroxylation is 2. The molecular weight excluding hydrogens is 300 g/mol. The lowest BCUT2D eigenvalue weighted by Crippen LogP contribution is -2.45. The van der Waals surface area contributed by atoms with E-state index >= 15 is 0 Å². The Morgan fingerprint density at radius 1 is 1.17 bits per heavy atom. The van der Waals surface area contributed by atoms with Gasteiger partial charge in [0.15, 0.2) is 0 Å². The highest BCUT2D eigenvalue weighted by Gasteiger charge is 2.35. The fourth-order valence-corrected chi connectivity index (χ4v) is 3.92. The Hall–Kier alpha value is -2.59. The monoisotopic (exact) mass is 320 g/mol. The van der Waals surface area contributed by atoms with Gasteiger partial charge in [-0.1, -0.05) is 42.5 Å². The molecule has 122 valence electrons. The molecule has 4 nitrogen and oxygen atoms in total. The van der Waals surface area contributed by atoms with Crippen molar-refractivity contribution in [1.29, 1.82) is 0 Å². The number of hydrogen-bond donors (Lipinski definition) is 2. The van der Waals surface area contributed by atoms with Gasteiger partial charge in [0.25, 0.3) is 0 Å². The second-order valence-corrected chi connectivity index (χ2v) is 6.49. The maximum Gasteiger partial charge on any atom is 0.321 e. The van der Waals surface area contributed by atoms with Gasteiger partial charge in [0, 0.05) is 30.1 Å². The molecular formula is C20H20N2O2. The van der Waals surface area contributed by atoms with Crippen LogP contribution in [0.25, 0.3) is 10.9 Å². The summed E-state index contributed by atoms with van der Waals surface area (Å²) in [5.41, 5.74) is 5.76. The maximum absolute atomic E-state index is 11.7. The van der Waals surface area contributed by atoms with Gasteiger partial charge in [-0.3, -0.25) is 10.1 Å². The van der Waals surface area contributed by atoms with Crippen molar-refractivity contribution in [2.24, 2.45) is 7.05 Å². The predicted octanol–water partition coefficient (Wildman–Crippen LogP) is 3.18. The van der Waals surface area contributed by atoms with E-state index in [1.807, 2.05) is 24.3 Å². The normalized spacial score (nSPS) is 20.1. The number of nitrogens with zero attached hydrogens (tertiary/aromatic N) is 1. The summed E-state index contributed by atoms with van der Waals surface area (Å²) < 4.78 is 2.20. The zero-order chi connectivity index (χ0) is 16.8. The summed E-state index contributed by atoms with van der Waals surface area (Å²) in [7, 11) is 2.06. The third-order valence-corrected chi connectivity index (χ3v) is 5.11. The minimum absolute atomic E-state index is 0.117. The molecule has 2 N–H and O–H groups in total. The van der Waals surface area contributed by atoms with Gasteiger partial charge >= 0.3 is 5.97 Å². The van der Waals surface area contributed by atoms with Crippen molar-refractivity contribution < 1.29 is 9.90 Å². The molecule has 1 aliphatic heterocycles. The molecule has 2 atom stereocenters. The molecule has 3 aromatic rings. The zero-order valence-electron chi connectivity index (χ0n) is 13.8. The highest BCUT2D eigenvalue weighted by molar-refractivity contribution is 5.88. The molecule has 0 aliphatic carbocycles. The summed E-state index contributed by atoms with van der Waals surface area (Å²) in [6, 6.07) is 15.7. The van der Waals surface area contributed by atoms with E-state index in [4.69, 9.17) is 0 Å². The number of aliphatic carboxylic acids is 1. The van der Waals surface area contributed by atoms with Gasteiger partial charge in [0.05, 0.1) is 6.04 Å². The quantitative estimate of drug-likeness (QED) is 0.762. The number of carbonyl (C=O) groups is 1. The average molecular weight is 320 g/mol. The first-order valence-electron chi connectivity index (χ1n) is 8.18. The Balaban J connectivity index is 1.99. The van der Waals surface area contributed by atoms with Crippen LogP contribution in [0.15, 0.2) is 48.5 Å². The van der Waals surface area contributed by atoms with Crippen LogP contribution >= 0.6 is 0 Å². The lowest BCUT2D eigenvalue weighted by molar-refractivity contribution is -0.139. The Bertz CT molecular complexity index is 942. The summed E-state index contributed by atoms with van der Waals surface area (Å²) in [6.45, 7) is 2.07. The van der Waals surface area contributed by atoms with Gasteiger partial charge in [-0.05, 0) is 29.7 Å². The SMILES string of the molecule is Cc1ccccc1C1NC(C(=O)O)Cc2c1n(C)c1ccccc21. The van der Waals surface area contributed by atoms with Crippen molar-refractivity contribution in [3.63, 3.8) is 0 Å². The second kappa shape index (κ2) is 5.49. The van der Waals surface area contributed by atoms with Gasteiger partial charge in [0.2, 0.25) is 0 Å². The number of hydrogen-bond acceptors (Lipinski definition) is 2. The first-order chi connectivity index (χ1) is 11.6. The van der Waals surface area contributed by atoms with Crippen molar-refractivity contribution >= 4 is 16.9 Å². The number of rotatable bonds is 2. The summed E-state index contributed by atoms with van der Waals surface area (Å²) in [6.07, 6.45) is 0.508. The highest BCUT2D eigenvalue weighted by atomic mass is 16.4. The third-order valence-electron chi connectivity index (χ3n) is 5.11. The van der Waals surface area contributed by atoms with Crippen molar-refractivity contribution in [2.45, 2.75) is 25.4 Å². The van der Waals surface area contributed by atoms with Crippen molar-refractivity contribution in [3.8, 4) is 0 Å². The molecule has 0 spiro atoms.